The summed E-state index contributed by atoms with van der Waals surface area (Å²) in [5, 5.41) is 3.20. The zero-order valence-electron chi connectivity index (χ0n) is 10.1. The van der Waals surface area contributed by atoms with Crippen molar-refractivity contribution in [2.24, 2.45) is 5.84 Å². The Morgan fingerprint density at radius 3 is 2.81 bits per heavy atom. The van der Waals surface area contributed by atoms with Gasteiger partial charge in [-0.1, -0.05) is 39.0 Å². The van der Waals surface area contributed by atoms with Gasteiger partial charge in [-0.2, -0.15) is 0 Å². The molecule has 0 saturated heterocycles. The molecule has 0 amide bonds. The number of nitrogens with two attached hydrogens (primary N) is 1. The Kier molecular flexibility index (Phi) is 7.38. The van der Waals surface area contributed by atoms with Gasteiger partial charge < -0.3 is 0 Å². The molecule has 0 aliphatic heterocycles. The van der Waals surface area contributed by atoms with Crippen molar-refractivity contribution in [3.05, 3.63) is 16.6 Å². The molecule has 0 aliphatic carbocycles. The molecule has 0 spiro atoms. The van der Waals surface area contributed by atoms with Crippen LogP contribution in [0.2, 0.25) is 0 Å². The molecule has 3 nitrogen and oxygen atoms in total. The molecule has 1 aromatic heterocycles. The number of hydrazine groups is 1. The van der Waals surface area contributed by atoms with Crippen molar-refractivity contribution >= 4 is 11.3 Å². The molecule has 1 atom stereocenters. The molecule has 0 aromatic carbocycles. The highest BCUT2D eigenvalue weighted by molar-refractivity contribution is 7.09. The van der Waals surface area contributed by atoms with Gasteiger partial charge in [0.1, 0.15) is 0 Å². The molecular weight excluding hydrogens is 218 g/mol. The quantitative estimate of drug-likeness (QED) is 0.397. The average molecular weight is 241 g/mol. The lowest BCUT2D eigenvalue weighted by Crippen LogP contribution is -2.36. The maximum absolute atomic E-state index is 5.56. The fourth-order valence-corrected chi connectivity index (χ4v) is 2.50. The highest BCUT2D eigenvalue weighted by atomic mass is 32.1. The number of nitrogens with one attached hydrogen (secondary N) is 1. The molecule has 1 heterocycles. The van der Waals surface area contributed by atoms with E-state index in [-0.39, 0.29) is 0 Å². The lowest BCUT2D eigenvalue weighted by Gasteiger charge is -2.13. The first-order valence-electron chi connectivity index (χ1n) is 6.21. The fourth-order valence-electron chi connectivity index (χ4n) is 1.80. The third kappa shape index (κ3) is 5.58. The Labute approximate surface area is 102 Å². The molecule has 92 valence electrons. The second kappa shape index (κ2) is 8.67. The van der Waals surface area contributed by atoms with Gasteiger partial charge in [0.15, 0.2) is 0 Å². The van der Waals surface area contributed by atoms with Gasteiger partial charge in [0.05, 0.1) is 5.01 Å². The largest absolute Gasteiger partial charge is 0.271 e. The van der Waals surface area contributed by atoms with Crippen LogP contribution < -0.4 is 11.3 Å². The normalized spacial score (nSPS) is 12.9. The van der Waals surface area contributed by atoms with E-state index in [0.29, 0.717) is 6.04 Å². The van der Waals surface area contributed by atoms with Crippen LogP contribution in [0.5, 0.6) is 0 Å². The Morgan fingerprint density at radius 1 is 1.38 bits per heavy atom. The van der Waals surface area contributed by atoms with Crippen LogP contribution in [0, 0.1) is 0 Å². The maximum Gasteiger partial charge on any atom is 0.0940 e. The van der Waals surface area contributed by atoms with Crippen molar-refractivity contribution in [2.75, 3.05) is 0 Å². The van der Waals surface area contributed by atoms with E-state index in [1.54, 1.807) is 11.3 Å². The summed E-state index contributed by atoms with van der Waals surface area (Å²) < 4.78 is 0. The van der Waals surface area contributed by atoms with Crippen LogP contribution in [0.1, 0.15) is 50.5 Å². The van der Waals surface area contributed by atoms with Crippen molar-refractivity contribution in [3.63, 3.8) is 0 Å². The van der Waals surface area contributed by atoms with Crippen molar-refractivity contribution < 1.29 is 0 Å². The number of hydrogen-bond donors (Lipinski definition) is 2. The lowest BCUT2D eigenvalue weighted by molar-refractivity contribution is 0.460. The number of aromatic nitrogens is 1. The third-order valence-corrected chi connectivity index (χ3v) is 3.60. The van der Waals surface area contributed by atoms with Gasteiger partial charge in [-0.15, -0.1) is 11.3 Å². The minimum absolute atomic E-state index is 0.382. The summed E-state index contributed by atoms with van der Waals surface area (Å²) in [7, 11) is 0. The van der Waals surface area contributed by atoms with E-state index >= 15 is 0 Å². The predicted octanol–water partition coefficient (Wildman–Crippen LogP) is 2.88. The van der Waals surface area contributed by atoms with Crippen LogP contribution in [0.15, 0.2) is 11.6 Å². The molecule has 0 saturated carbocycles. The van der Waals surface area contributed by atoms with E-state index in [1.165, 1.54) is 37.1 Å². The van der Waals surface area contributed by atoms with Crippen molar-refractivity contribution in [2.45, 2.75) is 57.9 Å². The van der Waals surface area contributed by atoms with Gasteiger partial charge >= 0.3 is 0 Å². The van der Waals surface area contributed by atoms with Gasteiger partial charge in [-0.05, 0) is 6.42 Å². The molecule has 0 radical (unpaired) electrons. The van der Waals surface area contributed by atoms with Gasteiger partial charge in [0, 0.05) is 24.0 Å². The minimum atomic E-state index is 0.382. The Balaban J connectivity index is 2.12. The molecule has 16 heavy (non-hydrogen) atoms. The van der Waals surface area contributed by atoms with Gasteiger partial charge in [-0.25, -0.2) is 4.98 Å². The fraction of sp³-hybridized carbons (Fsp3) is 0.750. The van der Waals surface area contributed by atoms with Crippen LogP contribution in [-0.2, 0) is 6.42 Å². The van der Waals surface area contributed by atoms with Crippen LogP contribution in [0.3, 0.4) is 0 Å². The number of unbranched alkanes of at least 4 members (excludes halogenated alkanes) is 4. The monoisotopic (exact) mass is 241 g/mol. The van der Waals surface area contributed by atoms with E-state index in [2.05, 4.69) is 17.3 Å². The number of rotatable bonds is 9. The molecule has 3 N–H and O–H groups in total. The number of thiazole rings is 1. The molecule has 1 aromatic rings. The molecule has 1 rings (SSSR count). The summed E-state index contributed by atoms with van der Waals surface area (Å²) in [6, 6.07) is 0.382. The van der Waals surface area contributed by atoms with E-state index in [1.807, 2.05) is 11.6 Å². The first-order valence-corrected chi connectivity index (χ1v) is 7.09. The first-order chi connectivity index (χ1) is 7.86. The van der Waals surface area contributed by atoms with Crippen LogP contribution >= 0.6 is 11.3 Å². The van der Waals surface area contributed by atoms with Crippen LogP contribution in [-0.4, -0.2) is 11.0 Å². The lowest BCUT2D eigenvalue weighted by atomic mass is 10.0. The highest BCUT2D eigenvalue weighted by Crippen LogP contribution is 2.12. The summed E-state index contributed by atoms with van der Waals surface area (Å²) in [6.45, 7) is 2.24. The summed E-state index contributed by atoms with van der Waals surface area (Å²) in [4.78, 5) is 4.28. The van der Waals surface area contributed by atoms with E-state index in [0.717, 1.165) is 12.8 Å². The first kappa shape index (κ1) is 13.6. The molecule has 0 fully saturated rings. The van der Waals surface area contributed by atoms with E-state index in [4.69, 9.17) is 5.84 Å². The second-order valence-corrected chi connectivity index (χ2v) is 5.18. The smallest absolute Gasteiger partial charge is 0.0940 e. The zero-order valence-corrected chi connectivity index (χ0v) is 10.9. The molecule has 0 bridgehead atoms. The zero-order chi connectivity index (χ0) is 11.6. The summed E-state index contributed by atoms with van der Waals surface area (Å²) >= 11 is 1.71. The van der Waals surface area contributed by atoms with Crippen molar-refractivity contribution in [1.82, 2.24) is 10.4 Å². The second-order valence-electron chi connectivity index (χ2n) is 4.20. The Bertz CT molecular complexity index is 249. The highest BCUT2D eigenvalue weighted by Gasteiger charge is 2.08. The number of hydrogen-bond acceptors (Lipinski definition) is 4. The van der Waals surface area contributed by atoms with Gasteiger partial charge in [0.25, 0.3) is 0 Å². The van der Waals surface area contributed by atoms with Gasteiger partial charge in [0.2, 0.25) is 0 Å². The van der Waals surface area contributed by atoms with Crippen molar-refractivity contribution in [1.29, 1.82) is 0 Å². The molecular formula is C12H23N3S. The Hall–Kier alpha value is -0.450. The minimum Gasteiger partial charge on any atom is -0.271 e. The SMILES string of the molecule is CCCCCCCC(Cc1nccs1)NN. The van der Waals surface area contributed by atoms with Crippen molar-refractivity contribution in [3.8, 4) is 0 Å². The maximum atomic E-state index is 5.56. The Morgan fingerprint density at radius 2 is 2.19 bits per heavy atom. The molecule has 1 unspecified atom stereocenters. The standard InChI is InChI=1S/C12H23N3S/c1-2-3-4-5-6-7-11(15-13)10-12-14-8-9-16-12/h8-9,11,15H,2-7,10,13H2,1H3. The van der Waals surface area contributed by atoms with Crippen LogP contribution in [0.4, 0.5) is 0 Å². The third-order valence-electron chi connectivity index (χ3n) is 2.80. The summed E-state index contributed by atoms with van der Waals surface area (Å²) in [5.74, 6) is 5.56. The van der Waals surface area contributed by atoms with Crippen LogP contribution in [0.25, 0.3) is 0 Å². The molecule has 4 heteroatoms. The number of nitrogens with zero attached hydrogens (tertiary/aromatic N) is 1. The van der Waals surface area contributed by atoms with E-state index < -0.39 is 0 Å². The summed E-state index contributed by atoms with van der Waals surface area (Å²) in [6.07, 6.45) is 10.6. The van der Waals surface area contributed by atoms with E-state index in [9.17, 15) is 0 Å². The topological polar surface area (TPSA) is 50.9 Å². The predicted molar refractivity (Wildman–Crippen MR) is 70.3 cm³/mol. The average Bonchev–Trinajstić information content (AvgIpc) is 2.80. The van der Waals surface area contributed by atoms with Gasteiger partial charge in [-0.3, -0.25) is 11.3 Å². The summed E-state index contributed by atoms with van der Waals surface area (Å²) in [5.41, 5.74) is 2.90. The molecule has 0 aliphatic rings.